The van der Waals surface area contributed by atoms with Gasteiger partial charge < -0.3 is 21.3 Å². The van der Waals surface area contributed by atoms with Crippen LogP contribution in [0.25, 0.3) is 0 Å². The first-order chi connectivity index (χ1) is 16.0. The molecule has 3 fully saturated rings. The molecule has 34 heavy (non-hydrogen) atoms. The van der Waals surface area contributed by atoms with Gasteiger partial charge in [0.25, 0.3) is 5.91 Å². The zero-order chi connectivity index (χ0) is 25.3. The van der Waals surface area contributed by atoms with Gasteiger partial charge in [-0.1, -0.05) is 46.6 Å². The number of nitrogens with one attached hydrogen (secondary N) is 2. The second-order valence-electron chi connectivity index (χ2n) is 11.5. The largest absolute Gasteiger partial charge is 0.346 e. The Bertz CT molecular complexity index is 829. The lowest BCUT2D eigenvalue weighted by molar-refractivity contribution is -0.144. The summed E-state index contributed by atoms with van der Waals surface area (Å²) in [6.07, 6.45) is 7.68. The van der Waals surface area contributed by atoms with Crippen molar-refractivity contribution >= 4 is 23.5 Å². The third-order valence-corrected chi connectivity index (χ3v) is 8.17. The quantitative estimate of drug-likeness (QED) is 0.330. The first-order valence-corrected chi connectivity index (χ1v) is 12.8. The fourth-order valence-electron chi connectivity index (χ4n) is 5.80. The Labute approximate surface area is 203 Å². The van der Waals surface area contributed by atoms with Gasteiger partial charge in [-0.3, -0.25) is 19.2 Å². The lowest BCUT2D eigenvalue weighted by atomic mass is 9.86. The SMILES string of the molecule is C=CCNC(=O)C(=O)C(CCCC)NC(=O)[C@@H]1[C@H]2CCC3(CC3)[C@H]2CN1C(=O)[C@@H](N)C(C)(C)C. The van der Waals surface area contributed by atoms with E-state index in [0.29, 0.717) is 25.3 Å². The molecule has 8 heteroatoms. The fourth-order valence-corrected chi connectivity index (χ4v) is 5.80. The number of likely N-dealkylation sites (tertiary alicyclic amines) is 1. The van der Waals surface area contributed by atoms with Gasteiger partial charge in [-0.25, -0.2) is 0 Å². The Balaban J connectivity index is 1.82. The van der Waals surface area contributed by atoms with E-state index in [9.17, 15) is 19.2 Å². The van der Waals surface area contributed by atoms with Gasteiger partial charge in [0.15, 0.2) is 0 Å². The lowest BCUT2D eigenvalue weighted by Gasteiger charge is -2.34. The Morgan fingerprint density at radius 1 is 1.21 bits per heavy atom. The van der Waals surface area contributed by atoms with Crippen LogP contribution >= 0.6 is 0 Å². The van der Waals surface area contributed by atoms with Gasteiger partial charge in [-0.2, -0.15) is 0 Å². The summed E-state index contributed by atoms with van der Waals surface area (Å²) in [4.78, 5) is 54.0. The van der Waals surface area contributed by atoms with Crippen molar-refractivity contribution in [2.24, 2.45) is 28.4 Å². The number of amides is 3. The van der Waals surface area contributed by atoms with E-state index in [-0.39, 0.29) is 29.7 Å². The average molecular weight is 475 g/mol. The summed E-state index contributed by atoms with van der Waals surface area (Å²) in [5.41, 5.74) is 6.15. The average Bonchev–Trinajstić information content (AvgIpc) is 3.36. The minimum Gasteiger partial charge on any atom is -0.346 e. The second-order valence-corrected chi connectivity index (χ2v) is 11.5. The van der Waals surface area contributed by atoms with Crippen LogP contribution in [0.4, 0.5) is 0 Å². The number of Topliss-reactive ketones (excluding diaryl/α,β-unsaturated/α-hetero) is 1. The summed E-state index contributed by atoms with van der Waals surface area (Å²) < 4.78 is 0. The van der Waals surface area contributed by atoms with Gasteiger partial charge >= 0.3 is 0 Å². The molecule has 0 aromatic carbocycles. The highest BCUT2D eigenvalue weighted by molar-refractivity contribution is 6.38. The number of carbonyl (C=O) groups excluding carboxylic acids is 4. The van der Waals surface area contributed by atoms with Crippen molar-refractivity contribution in [3.05, 3.63) is 12.7 Å². The van der Waals surface area contributed by atoms with Crippen LogP contribution in [0.3, 0.4) is 0 Å². The number of unbranched alkanes of at least 4 members (excludes halogenated alkanes) is 1. The molecule has 8 nitrogen and oxygen atoms in total. The van der Waals surface area contributed by atoms with Gasteiger partial charge in [0.2, 0.25) is 17.6 Å². The molecular weight excluding hydrogens is 432 g/mol. The Morgan fingerprint density at radius 2 is 1.88 bits per heavy atom. The normalized spacial score (nSPS) is 26.5. The Kier molecular flexibility index (Phi) is 7.90. The van der Waals surface area contributed by atoms with E-state index in [0.717, 1.165) is 32.1 Å². The van der Waals surface area contributed by atoms with Crippen molar-refractivity contribution in [2.75, 3.05) is 13.1 Å². The minimum absolute atomic E-state index is 0.0649. The summed E-state index contributed by atoms with van der Waals surface area (Å²) in [5, 5.41) is 5.37. The van der Waals surface area contributed by atoms with Crippen molar-refractivity contribution in [3.8, 4) is 0 Å². The van der Waals surface area contributed by atoms with Crippen LogP contribution in [-0.2, 0) is 19.2 Å². The molecule has 3 rings (SSSR count). The number of ketones is 1. The number of hydrogen-bond donors (Lipinski definition) is 3. The summed E-state index contributed by atoms with van der Waals surface area (Å²) >= 11 is 0. The van der Waals surface area contributed by atoms with E-state index < -0.39 is 35.2 Å². The van der Waals surface area contributed by atoms with Crippen molar-refractivity contribution in [2.45, 2.75) is 90.8 Å². The molecule has 1 saturated heterocycles. The van der Waals surface area contributed by atoms with Crippen molar-refractivity contribution in [1.29, 1.82) is 0 Å². The van der Waals surface area contributed by atoms with Crippen LogP contribution in [0.2, 0.25) is 0 Å². The highest BCUT2D eigenvalue weighted by Crippen LogP contribution is 2.66. The predicted octanol–water partition coefficient (Wildman–Crippen LogP) is 1.92. The molecule has 2 saturated carbocycles. The molecule has 1 unspecified atom stereocenters. The number of carbonyl (C=O) groups is 4. The smallest absolute Gasteiger partial charge is 0.289 e. The second kappa shape index (κ2) is 10.2. The monoisotopic (exact) mass is 474 g/mol. The van der Waals surface area contributed by atoms with Gasteiger partial charge in [0.1, 0.15) is 6.04 Å². The fraction of sp³-hybridized carbons (Fsp3) is 0.769. The Morgan fingerprint density at radius 3 is 2.44 bits per heavy atom. The first kappa shape index (κ1) is 26.4. The topological polar surface area (TPSA) is 122 Å². The third-order valence-electron chi connectivity index (χ3n) is 8.17. The molecule has 1 aliphatic heterocycles. The molecule has 3 aliphatic rings. The first-order valence-electron chi connectivity index (χ1n) is 12.8. The minimum atomic E-state index is -0.916. The number of rotatable bonds is 10. The zero-order valence-electron chi connectivity index (χ0n) is 21.2. The summed E-state index contributed by atoms with van der Waals surface area (Å²) in [5.74, 6) is -1.59. The van der Waals surface area contributed by atoms with Crippen molar-refractivity contribution < 1.29 is 19.2 Å². The van der Waals surface area contributed by atoms with Gasteiger partial charge in [-0.05, 0) is 54.8 Å². The lowest BCUT2D eigenvalue weighted by Crippen LogP contribution is -2.58. The predicted molar refractivity (Wildman–Crippen MR) is 130 cm³/mol. The molecule has 3 amide bonds. The van der Waals surface area contributed by atoms with E-state index in [1.807, 2.05) is 27.7 Å². The maximum atomic E-state index is 13.7. The van der Waals surface area contributed by atoms with Crippen LogP contribution in [0, 0.1) is 22.7 Å². The number of fused-ring (bicyclic) bond motifs is 2. The van der Waals surface area contributed by atoms with E-state index >= 15 is 0 Å². The van der Waals surface area contributed by atoms with E-state index in [4.69, 9.17) is 5.73 Å². The van der Waals surface area contributed by atoms with E-state index in [2.05, 4.69) is 17.2 Å². The number of nitrogens with two attached hydrogens (primary N) is 1. The molecule has 5 atom stereocenters. The van der Waals surface area contributed by atoms with E-state index in [1.54, 1.807) is 4.90 Å². The molecule has 2 aliphatic carbocycles. The van der Waals surface area contributed by atoms with Crippen LogP contribution in [0.1, 0.15) is 72.6 Å². The van der Waals surface area contributed by atoms with Gasteiger partial charge in [-0.15, -0.1) is 6.58 Å². The van der Waals surface area contributed by atoms with Crippen LogP contribution in [0.15, 0.2) is 12.7 Å². The zero-order valence-corrected chi connectivity index (χ0v) is 21.2. The molecule has 190 valence electrons. The number of nitrogens with zero attached hydrogens (tertiary/aromatic N) is 1. The molecule has 0 aromatic rings. The van der Waals surface area contributed by atoms with Gasteiger partial charge in [0, 0.05) is 13.1 Å². The molecule has 0 radical (unpaired) electrons. The van der Waals surface area contributed by atoms with Crippen LogP contribution in [0.5, 0.6) is 0 Å². The van der Waals surface area contributed by atoms with Gasteiger partial charge in [0.05, 0.1) is 12.1 Å². The van der Waals surface area contributed by atoms with Crippen LogP contribution < -0.4 is 16.4 Å². The molecule has 1 spiro atoms. The Hall–Kier alpha value is -2.22. The van der Waals surface area contributed by atoms with Crippen LogP contribution in [-0.4, -0.2) is 59.6 Å². The summed E-state index contributed by atoms with van der Waals surface area (Å²) in [6, 6.07) is -2.29. The summed E-state index contributed by atoms with van der Waals surface area (Å²) in [7, 11) is 0. The highest BCUT2D eigenvalue weighted by atomic mass is 16.2. The molecule has 4 N–H and O–H groups in total. The molecular formula is C26H42N4O4. The maximum absolute atomic E-state index is 13.7. The van der Waals surface area contributed by atoms with E-state index in [1.165, 1.54) is 6.08 Å². The standard InChI is InChI=1S/C26H42N4O4/c1-6-8-9-18(20(31)23(33)28-14-7-2)29-22(32)19-16-10-11-26(12-13-26)17(16)15-30(19)24(34)21(27)25(3,4)5/h7,16-19,21H,2,6,8-15,27H2,1,3-5H3,(H,28,33)(H,29,32)/t16-,17-,18?,19-,21+/m0/s1. The summed E-state index contributed by atoms with van der Waals surface area (Å²) in [6.45, 7) is 12.0. The third kappa shape index (κ3) is 5.21. The molecule has 0 bridgehead atoms. The highest BCUT2D eigenvalue weighted by Gasteiger charge is 2.63. The maximum Gasteiger partial charge on any atom is 0.289 e. The van der Waals surface area contributed by atoms with Crippen molar-refractivity contribution in [3.63, 3.8) is 0 Å². The molecule has 0 aromatic heterocycles. The number of hydrogen-bond acceptors (Lipinski definition) is 5. The van der Waals surface area contributed by atoms with Crippen molar-refractivity contribution in [1.82, 2.24) is 15.5 Å². The molecule has 1 heterocycles.